The Bertz CT molecular complexity index is 846. The van der Waals surface area contributed by atoms with Gasteiger partial charge in [0.25, 0.3) is 5.91 Å². The lowest BCUT2D eigenvalue weighted by Gasteiger charge is -2.32. The first-order chi connectivity index (χ1) is 11.6. The van der Waals surface area contributed by atoms with Gasteiger partial charge in [-0.05, 0) is 43.2 Å². The molecule has 24 heavy (non-hydrogen) atoms. The molecule has 1 atom stereocenters. The molecule has 1 aromatic carbocycles. The number of carbonyl (C=O) groups is 1. The molecule has 1 saturated heterocycles. The molecule has 0 spiro atoms. The molecular formula is C17H17N3O4. The van der Waals surface area contributed by atoms with E-state index in [0.717, 1.165) is 10.9 Å². The summed E-state index contributed by atoms with van der Waals surface area (Å²) in [7, 11) is 0. The van der Waals surface area contributed by atoms with Gasteiger partial charge in [0, 0.05) is 11.9 Å². The summed E-state index contributed by atoms with van der Waals surface area (Å²) in [4.78, 5) is 18.7. The van der Waals surface area contributed by atoms with Gasteiger partial charge in [-0.2, -0.15) is 4.98 Å². The Hall–Kier alpha value is -2.67. The number of ether oxygens (including phenoxy) is 1. The van der Waals surface area contributed by atoms with E-state index in [0.29, 0.717) is 36.9 Å². The van der Waals surface area contributed by atoms with Gasteiger partial charge in [-0.15, -0.1) is 0 Å². The summed E-state index contributed by atoms with van der Waals surface area (Å²) in [5, 5.41) is 4.76. The molecule has 0 radical (unpaired) electrons. The number of hydrogen-bond acceptors (Lipinski definition) is 6. The van der Waals surface area contributed by atoms with Crippen LogP contribution in [0.4, 0.5) is 0 Å². The molecule has 0 bridgehead atoms. The fraction of sp³-hybridized carbons (Fsp3) is 0.353. The van der Waals surface area contributed by atoms with Crippen molar-refractivity contribution in [3.8, 4) is 0 Å². The zero-order valence-corrected chi connectivity index (χ0v) is 13.5. The van der Waals surface area contributed by atoms with Crippen LogP contribution in [0.5, 0.6) is 0 Å². The van der Waals surface area contributed by atoms with Gasteiger partial charge in [0.15, 0.2) is 11.6 Å². The summed E-state index contributed by atoms with van der Waals surface area (Å²) in [6.45, 7) is 5.32. The summed E-state index contributed by atoms with van der Waals surface area (Å²) in [5.74, 6) is 0.552. The van der Waals surface area contributed by atoms with E-state index >= 15 is 0 Å². The summed E-state index contributed by atoms with van der Waals surface area (Å²) in [5.41, 5.74) is 3.01. The SMILES string of the molecule is Cc1cc2cc(C(=O)N3CCOCC3c3ncon3)oc2cc1C. The van der Waals surface area contributed by atoms with Crippen LogP contribution in [-0.2, 0) is 4.74 Å². The van der Waals surface area contributed by atoms with Gasteiger partial charge in [-0.1, -0.05) is 5.16 Å². The highest BCUT2D eigenvalue weighted by Crippen LogP contribution is 2.27. The van der Waals surface area contributed by atoms with Gasteiger partial charge in [-0.25, -0.2) is 0 Å². The Morgan fingerprint density at radius 2 is 2.08 bits per heavy atom. The van der Waals surface area contributed by atoms with Crippen LogP contribution in [0, 0.1) is 13.8 Å². The monoisotopic (exact) mass is 327 g/mol. The molecule has 124 valence electrons. The fourth-order valence-electron chi connectivity index (χ4n) is 2.94. The number of morpholine rings is 1. The molecule has 1 aliphatic rings. The van der Waals surface area contributed by atoms with Gasteiger partial charge < -0.3 is 18.6 Å². The van der Waals surface area contributed by atoms with Crippen molar-refractivity contribution in [1.82, 2.24) is 15.0 Å². The van der Waals surface area contributed by atoms with Crippen molar-refractivity contribution in [2.45, 2.75) is 19.9 Å². The number of amides is 1. The van der Waals surface area contributed by atoms with Gasteiger partial charge >= 0.3 is 0 Å². The number of benzene rings is 1. The molecule has 0 aliphatic carbocycles. The standard InChI is InChI=1S/C17H17N3O4/c1-10-5-12-7-15(24-14(12)6-11(10)2)17(21)20-3-4-22-8-13(20)16-18-9-23-19-16/h5-7,9,13H,3-4,8H2,1-2H3. The lowest BCUT2D eigenvalue weighted by atomic mass is 10.1. The van der Waals surface area contributed by atoms with Gasteiger partial charge in [0.05, 0.1) is 13.2 Å². The highest BCUT2D eigenvalue weighted by Gasteiger charge is 2.33. The van der Waals surface area contributed by atoms with E-state index in [1.165, 1.54) is 12.0 Å². The minimum absolute atomic E-state index is 0.195. The van der Waals surface area contributed by atoms with Crippen LogP contribution in [0.25, 0.3) is 11.0 Å². The second kappa shape index (κ2) is 5.76. The van der Waals surface area contributed by atoms with Crippen LogP contribution in [0.2, 0.25) is 0 Å². The number of rotatable bonds is 2. The average molecular weight is 327 g/mol. The van der Waals surface area contributed by atoms with E-state index in [1.807, 2.05) is 26.0 Å². The lowest BCUT2D eigenvalue weighted by molar-refractivity contribution is -0.00718. The van der Waals surface area contributed by atoms with Gasteiger partial charge in [-0.3, -0.25) is 4.79 Å². The molecule has 7 nitrogen and oxygen atoms in total. The van der Waals surface area contributed by atoms with Crippen LogP contribution in [0.15, 0.2) is 33.5 Å². The Balaban J connectivity index is 1.69. The topological polar surface area (TPSA) is 81.6 Å². The predicted molar refractivity (Wildman–Crippen MR) is 84.6 cm³/mol. The number of nitrogens with zero attached hydrogens (tertiary/aromatic N) is 3. The maximum atomic E-state index is 12.9. The average Bonchev–Trinajstić information content (AvgIpc) is 3.24. The van der Waals surface area contributed by atoms with E-state index < -0.39 is 0 Å². The molecule has 1 amide bonds. The Morgan fingerprint density at radius 3 is 2.88 bits per heavy atom. The number of aryl methyl sites for hydroxylation is 2. The van der Waals surface area contributed by atoms with Crippen molar-refractivity contribution in [3.05, 3.63) is 47.3 Å². The smallest absolute Gasteiger partial charge is 0.290 e. The van der Waals surface area contributed by atoms with E-state index in [-0.39, 0.29) is 11.9 Å². The molecule has 3 heterocycles. The van der Waals surface area contributed by atoms with Crippen molar-refractivity contribution in [1.29, 1.82) is 0 Å². The number of hydrogen-bond donors (Lipinski definition) is 0. The number of aromatic nitrogens is 2. The van der Waals surface area contributed by atoms with Crippen molar-refractivity contribution in [2.24, 2.45) is 0 Å². The minimum Gasteiger partial charge on any atom is -0.451 e. The third-order valence-electron chi connectivity index (χ3n) is 4.41. The van der Waals surface area contributed by atoms with E-state index in [2.05, 4.69) is 10.1 Å². The zero-order chi connectivity index (χ0) is 16.7. The Labute approximate surface area is 138 Å². The van der Waals surface area contributed by atoms with E-state index in [9.17, 15) is 4.79 Å². The Kier molecular flexibility index (Phi) is 3.57. The second-order valence-corrected chi connectivity index (χ2v) is 5.96. The zero-order valence-electron chi connectivity index (χ0n) is 13.5. The Morgan fingerprint density at radius 1 is 1.25 bits per heavy atom. The number of carbonyl (C=O) groups excluding carboxylic acids is 1. The van der Waals surface area contributed by atoms with Crippen LogP contribution >= 0.6 is 0 Å². The largest absolute Gasteiger partial charge is 0.451 e. The summed E-state index contributed by atoms with van der Waals surface area (Å²) in [6, 6.07) is 5.40. The first-order valence-corrected chi connectivity index (χ1v) is 7.79. The summed E-state index contributed by atoms with van der Waals surface area (Å²) >= 11 is 0. The molecule has 7 heteroatoms. The maximum absolute atomic E-state index is 12.9. The molecule has 4 rings (SSSR count). The van der Waals surface area contributed by atoms with Gasteiger partial charge in [0.2, 0.25) is 6.39 Å². The first-order valence-electron chi connectivity index (χ1n) is 7.79. The van der Waals surface area contributed by atoms with E-state index in [4.69, 9.17) is 13.7 Å². The van der Waals surface area contributed by atoms with Crippen LogP contribution in [0.3, 0.4) is 0 Å². The fourth-order valence-corrected chi connectivity index (χ4v) is 2.94. The molecule has 0 saturated carbocycles. The quantitative estimate of drug-likeness (QED) is 0.720. The minimum atomic E-state index is -0.373. The van der Waals surface area contributed by atoms with Crippen LogP contribution in [-0.4, -0.2) is 40.7 Å². The summed E-state index contributed by atoms with van der Waals surface area (Å²) < 4.78 is 16.1. The highest BCUT2D eigenvalue weighted by molar-refractivity contribution is 5.96. The molecule has 1 aliphatic heterocycles. The van der Waals surface area contributed by atoms with Crippen molar-refractivity contribution >= 4 is 16.9 Å². The summed E-state index contributed by atoms with van der Waals surface area (Å²) in [6.07, 6.45) is 1.25. The third-order valence-corrected chi connectivity index (χ3v) is 4.41. The third kappa shape index (κ3) is 2.46. The molecular weight excluding hydrogens is 310 g/mol. The normalized spacial score (nSPS) is 18.2. The number of furan rings is 1. The number of fused-ring (bicyclic) bond motifs is 1. The second-order valence-electron chi connectivity index (χ2n) is 5.96. The first kappa shape index (κ1) is 14.9. The van der Waals surface area contributed by atoms with Crippen LogP contribution < -0.4 is 0 Å². The van der Waals surface area contributed by atoms with Crippen molar-refractivity contribution in [3.63, 3.8) is 0 Å². The lowest BCUT2D eigenvalue weighted by Crippen LogP contribution is -2.43. The van der Waals surface area contributed by atoms with Crippen LogP contribution in [0.1, 0.15) is 33.5 Å². The predicted octanol–water partition coefficient (Wildman–Crippen LogP) is 2.65. The molecule has 3 aromatic rings. The van der Waals surface area contributed by atoms with E-state index in [1.54, 1.807) is 11.0 Å². The maximum Gasteiger partial charge on any atom is 0.290 e. The molecule has 2 aromatic heterocycles. The molecule has 0 N–H and O–H groups in total. The highest BCUT2D eigenvalue weighted by atomic mass is 16.5. The van der Waals surface area contributed by atoms with Crippen molar-refractivity contribution < 1.29 is 18.5 Å². The van der Waals surface area contributed by atoms with Gasteiger partial charge in [0.1, 0.15) is 11.6 Å². The van der Waals surface area contributed by atoms with Crippen molar-refractivity contribution in [2.75, 3.05) is 19.8 Å². The molecule has 1 fully saturated rings. The molecule has 1 unspecified atom stereocenters.